The molecule has 0 aliphatic carbocycles. The summed E-state index contributed by atoms with van der Waals surface area (Å²) in [6.45, 7) is 0. The number of thioether (sulfide) groups is 1. The van der Waals surface area contributed by atoms with E-state index >= 15 is 0 Å². The van der Waals surface area contributed by atoms with Gasteiger partial charge in [-0.05, 0) is 18.2 Å². The van der Waals surface area contributed by atoms with E-state index in [1.165, 1.54) is 11.8 Å². The lowest BCUT2D eigenvalue weighted by atomic mass is 10.2. The van der Waals surface area contributed by atoms with Crippen molar-refractivity contribution in [3.8, 4) is 11.6 Å². The minimum Gasteiger partial charge on any atom is -0.461 e. The molecule has 0 saturated carbocycles. The number of nitrogens with two attached hydrogens (primary N) is 1. The summed E-state index contributed by atoms with van der Waals surface area (Å²) in [6.07, 6.45) is 1.54. The lowest BCUT2D eigenvalue weighted by Crippen LogP contribution is -2.36. The maximum atomic E-state index is 11.6. The number of furan rings is 1. The summed E-state index contributed by atoms with van der Waals surface area (Å²) in [5, 5.41) is 3.47. The molecule has 0 spiro atoms. The Morgan fingerprint density at radius 1 is 1.17 bits per heavy atom. The Kier molecular flexibility index (Phi) is 4.24. The van der Waals surface area contributed by atoms with Crippen LogP contribution in [0.3, 0.4) is 0 Å². The number of carbonyl (C=O) groups excluding carboxylic acids is 2. The van der Waals surface area contributed by atoms with E-state index in [0.717, 1.165) is 10.9 Å². The second kappa shape index (κ2) is 6.49. The van der Waals surface area contributed by atoms with Crippen molar-refractivity contribution < 1.29 is 14.0 Å². The number of para-hydroxylation sites is 1. The summed E-state index contributed by atoms with van der Waals surface area (Å²) in [4.78, 5) is 31.2. The summed E-state index contributed by atoms with van der Waals surface area (Å²) in [6, 6.07) is 10.1. The first kappa shape index (κ1) is 15.0. The van der Waals surface area contributed by atoms with Gasteiger partial charge in [-0.2, -0.15) is 0 Å². The van der Waals surface area contributed by atoms with Gasteiger partial charge < -0.3 is 10.2 Å². The highest BCUT2D eigenvalue weighted by Gasteiger charge is 2.13. The zero-order valence-corrected chi connectivity index (χ0v) is 12.7. The van der Waals surface area contributed by atoms with Crippen molar-refractivity contribution in [1.29, 1.82) is 0 Å². The van der Waals surface area contributed by atoms with Crippen molar-refractivity contribution in [1.82, 2.24) is 15.3 Å². The van der Waals surface area contributed by atoms with Crippen LogP contribution in [0, 0.1) is 0 Å². The van der Waals surface area contributed by atoms with E-state index < -0.39 is 11.9 Å². The molecule has 0 radical (unpaired) electrons. The molecule has 3 amide bonds. The molecule has 7 nitrogen and oxygen atoms in total. The number of hydrogen-bond acceptors (Lipinski definition) is 6. The van der Waals surface area contributed by atoms with Gasteiger partial charge in [0.05, 0.1) is 17.5 Å². The van der Waals surface area contributed by atoms with Gasteiger partial charge in [-0.15, -0.1) is 0 Å². The number of fused-ring (bicyclic) bond motifs is 1. The van der Waals surface area contributed by atoms with Crippen molar-refractivity contribution in [2.24, 2.45) is 5.73 Å². The molecule has 2 heterocycles. The van der Waals surface area contributed by atoms with E-state index in [1.807, 2.05) is 29.6 Å². The molecule has 8 heteroatoms. The molecular weight excluding hydrogens is 316 g/mol. The summed E-state index contributed by atoms with van der Waals surface area (Å²) in [5.74, 6) is 0.511. The van der Waals surface area contributed by atoms with Gasteiger partial charge in [0.15, 0.2) is 11.6 Å². The average molecular weight is 328 g/mol. The van der Waals surface area contributed by atoms with E-state index in [1.54, 1.807) is 18.4 Å². The van der Waals surface area contributed by atoms with Crippen LogP contribution in [0.25, 0.3) is 22.5 Å². The third-order valence-corrected chi connectivity index (χ3v) is 3.90. The molecule has 0 fully saturated rings. The number of nitrogens with zero attached hydrogens (tertiary/aromatic N) is 2. The van der Waals surface area contributed by atoms with E-state index in [4.69, 9.17) is 10.2 Å². The highest BCUT2D eigenvalue weighted by Crippen LogP contribution is 2.28. The number of amides is 3. The topological polar surface area (TPSA) is 111 Å². The number of hydrogen-bond donors (Lipinski definition) is 2. The van der Waals surface area contributed by atoms with Crippen molar-refractivity contribution in [3.63, 3.8) is 0 Å². The third kappa shape index (κ3) is 3.49. The first-order valence-corrected chi connectivity index (χ1v) is 7.65. The molecule has 1 aromatic carbocycles. The van der Waals surface area contributed by atoms with Gasteiger partial charge in [0, 0.05) is 5.39 Å². The summed E-state index contributed by atoms with van der Waals surface area (Å²) >= 11 is 1.20. The molecular formula is C15H12N4O3S. The zero-order valence-electron chi connectivity index (χ0n) is 11.9. The minimum atomic E-state index is -0.876. The molecule has 0 aliphatic rings. The molecule has 23 heavy (non-hydrogen) atoms. The van der Waals surface area contributed by atoms with Crippen LogP contribution in [0.1, 0.15) is 0 Å². The van der Waals surface area contributed by atoms with Crippen molar-refractivity contribution in [2.75, 3.05) is 5.75 Å². The highest BCUT2D eigenvalue weighted by atomic mass is 32.2. The molecule has 116 valence electrons. The standard InChI is InChI=1S/C15H12N4O3S/c16-15(21)18-12(20)8-23-14-9-4-1-2-5-10(9)17-13(19-14)11-6-3-7-22-11/h1-7H,8H2,(H3,16,18,20,21). The molecule has 0 atom stereocenters. The van der Waals surface area contributed by atoms with Crippen LogP contribution in [0.2, 0.25) is 0 Å². The smallest absolute Gasteiger partial charge is 0.318 e. The Morgan fingerprint density at radius 2 is 2.00 bits per heavy atom. The van der Waals surface area contributed by atoms with Crippen LogP contribution >= 0.6 is 11.8 Å². The molecule has 2 aromatic heterocycles. The van der Waals surface area contributed by atoms with Crippen LogP contribution in [-0.4, -0.2) is 27.7 Å². The molecule has 0 bridgehead atoms. The molecule has 3 aromatic rings. The zero-order chi connectivity index (χ0) is 16.2. The minimum absolute atomic E-state index is 0.0154. The van der Waals surface area contributed by atoms with Gasteiger partial charge in [0.2, 0.25) is 5.91 Å². The lowest BCUT2D eigenvalue weighted by Gasteiger charge is -2.07. The Morgan fingerprint density at radius 3 is 2.74 bits per heavy atom. The lowest BCUT2D eigenvalue weighted by molar-refractivity contribution is -0.117. The first-order valence-electron chi connectivity index (χ1n) is 6.66. The number of primary amides is 1. The van der Waals surface area contributed by atoms with Gasteiger partial charge in [-0.25, -0.2) is 14.8 Å². The SMILES string of the molecule is NC(=O)NC(=O)CSc1nc(-c2ccco2)nc2ccccc12. The first-order chi connectivity index (χ1) is 11.1. The van der Waals surface area contributed by atoms with Gasteiger partial charge in [0.1, 0.15) is 5.03 Å². The number of nitrogens with one attached hydrogen (secondary N) is 1. The second-order valence-electron chi connectivity index (χ2n) is 4.55. The maximum absolute atomic E-state index is 11.6. The predicted molar refractivity (Wildman–Crippen MR) is 85.7 cm³/mol. The molecule has 0 saturated heterocycles. The van der Waals surface area contributed by atoms with E-state index in [-0.39, 0.29) is 5.75 Å². The maximum Gasteiger partial charge on any atom is 0.318 e. The number of rotatable bonds is 4. The van der Waals surface area contributed by atoms with E-state index in [2.05, 4.69) is 9.97 Å². The van der Waals surface area contributed by atoms with Crippen molar-refractivity contribution in [3.05, 3.63) is 42.7 Å². The number of imide groups is 1. The third-order valence-electron chi connectivity index (χ3n) is 2.91. The fourth-order valence-corrected chi connectivity index (χ4v) is 2.80. The van der Waals surface area contributed by atoms with Gasteiger partial charge >= 0.3 is 6.03 Å². The summed E-state index contributed by atoms with van der Waals surface area (Å²) in [7, 11) is 0. The number of carbonyl (C=O) groups is 2. The Bertz CT molecular complexity index is 864. The quantitative estimate of drug-likeness (QED) is 0.561. The van der Waals surface area contributed by atoms with Gasteiger partial charge in [0.25, 0.3) is 0 Å². The summed E-state index contributed by atoms with van der Waals surface area (Å²) < 4.78 is 5.33. The molecule has 3 N–H and O–H groups in total. The second-order valence-corrected chi connectivity index (χ2v) is 5.51. The highest BCUT2D eigenvalue weighted by molar-refractivity contribution is 8.00. The Hall–Kier alpha value is -2.87. The fraction of sp³-hybridized carbons (Fsp3) is 0.0667. The number of aromatic nitrogens is 2. The van der Waals surface area contributed by atoms with Gasteiger partial charge in [-0.3, -0.25) is 10.1 Å². The monoisotopic (exact) mass is 328 g/mol. The Balaban J connectivity index is 1.94. The van der Waals surface area contributed by atoms with Crippen LogP contribution in [-0.2, 0) is 4.79 Å². The van der Waals surface area contributed by atoms with Crippen LogP contribution < -0.4 is 11.1 Å². The van der Waals surface area contributed by atoms with E-state index in [0.29, 0.717) is 16.6 Å². The summed E-state index contributed by atoms with van der Waals surface area (Å²) in [5.41, 5.74) is 5.67. The normalized spacial score (nSPS) is 10.6. The Labute approximate surface area is 135 Å². The molecule has 0 aliphatic heterocycles. The molecule has 3 rings (SSSR count). The number of urea groups is 1. The fourth-order valence-electron chi connectivity index (χ4n) is 1.98. The van der Waals surface area contributed by atoms with Crippen molar-refractivity contribution >= 4 is 34.6 Å². The van der Waals surface area contributed by atoms with E-state index in [9.17, 15) is 9.59 Å². The van der Waals surface area contributed by atoms with Crippen LogP contribution in [0.5, 0.6) is 0 Å². The van der Waals surface area contributed by atoms with Crippen molar-refractivity contribution in [2.45, 2.75) is 5.03 Å². The van der Waals surface area contributed by atoms with Crippen LogP contribution in [0.15, 0.2) is 52.1 Å². The predicted octanol–water partition coefficient (Wildman–Crippen LogP) is 2.18. The van der Waals surface area contributed by atoms with Gasteiger partial charge in [-0.1, -0.05) is 30.0 Å². The molecule has 0 unspecified atom stereocenters. The van der Waals surface area contributed by atoms with Crippen LogP contribution in [0.4, 0.5) is 4.79 Å². The largest absolute Gasteiger partial charge is 0.461 e. The number of benzene rings is 1. The average Bonchev–Trinajstić information content (AvgIpc) is 3.06.